The Bertz CT molecular complexity index is 810. The summed E-state index contributed by atoms with van der Waals surface area (Å²) in [5.41, 5.74) is 9.01. The van der Waals surface area contributed by atoms with E-state index in [-0.39, 0.29) is 5.91 Å². The van der Waals surface area contributed by atoms with Crippen LogP contribution in [0.3, 0.4) is 0 Å². The zero-order valence-electron chi connectivity index (χ0n) is 11.8. The highest BCUT2D eigenvalue weighted by molar-refractivity contribution is 6.10. The van der Waals surface area contributed by atoms with E-state index in [1.165, 1.54) is 0 Å². The van der Waals surface area contributed by atoms with Gasteiger partial charge in [-0.05, 0) is 36.1 Å². The minimum absolute atomic E-state index is 0.142. The van der Waals surface area contributed by atoms with Crippen LogP contribution in [0.2, 0.25) is 0 Å². The molecule has 3 heteroatoms. The van der Waals surface area contributed by atoms with Crippen LogP contribution < -0.4 is 11.1 Å². The summed E-state index contributed by atoms with van der Waals surface area (Å²) in [5, 5.41) is 4.85. The van der Waals surface area contributed by atoms with Crippen molar-refractivity contribution in [3.05, 3.63) is 71.8 Å². The van der Waals surface area contributed by atoms with Crippen molar-refractivity contribution in [3.8, 4) is 0 Å². The first-order chi connectivity index (χ1) is 10.2. The molecule has 3 aromatic carbocycles. The molecule has 0 saturated carbocycles. The number of para-hydroxylation sites is 1. The number of rotatable bonds is 2. The number of hydrogen-bond acceptors (Lipinski definition) is 2. The van der Waals surface area contributed by atoms with E-state index in [0.29, 0.717) is 11.3 Å². The lowest BCUT2D eigenvalue weighted by molar-refractivity contribution is 0.102. The zero-order valence-corrected chi connectivity index (χ0v) is 11.8. The van der Waals surface area contributed by atoms with Crippen LogP contribution in [0.25, 0.3) is 10.8 Å². The van der Waals surface area contributed by atoms with Crippen molar-refractivity contribution in [3.63, 3.8) is 0 Å². The van der Waals surface area contributed by atoms with Gasteiger partial charge in [-0.2, -0.15) is 0 Å². The molecule has 0 saturated heterocycles. The summed E-state index contributed by atoms with van der Waals surface area (Å²) in [6, 6.07) is 19.1. The molecule has 3 N–H and O–H groups in total. The third kappa shape index (κ3) is 2.46. The molecule has 0 aromatic heterocycles. The molecule has 21 heavy (non-hydrogen) atoms. The molecule has 0 aliphatic heterocycles. The SMILES string of the molecule is Cc1c(C(=O)Nc2ccccc2)cc2ccccc2c1N. The molecule has 0 spiro atoms. The Kier molecular flexibility index (Phi) is 3.32. The first-order valence-corrected chi connectivity index (χ1v) is 6.81. The molecular weight excluding hydrogens is 260 g/mol. The van der Waals surface area contributed by atoms with E-state index in [1.807, 2.05) is 67.6 Å². The molecule has 0 heterocycles. The topological polar surface area (TPSA) is 55.1 Å². The summed E-state index contributed by atoms with van der Waals surface area (Å²) in [4.78, 5) is 12.5. The van der Waals surface area contributed by atoms with Gasteiger partial charge in [-0.1, -0.05) is 42.5 Å². The van der Waals surface area contributed by atoms with E-state index in [0.717, 1.165) is 22.0 Å². The Morgan fingerprint density at radius 2 is 1.67 bits per heavy atom. The number of carbonyl (C=O) groups is 1. The number of nitrogens with two attached hydrogens (primary N) is 1. The largest absolute Gasteiger partial charge is 0.398 e. The van der Waals surface area contributed by atoms with Crippen molar-refractivity contribution in [2.45, 2.75) is 6.92 Å². The van der Waals surface area contributed by atoms with Gasteiger partial charge in [0.25, 0.3) is 5.91 Å². The second-order valence-corrected chi connectivity index (χ2v) is 5.00. The van der Waals surface area contributed by atoms with E-state index >= 15 is 0 Å². The molecule has 0 fully saturated rings. The fourth-order valence-electron chi connectivity index (χ4n) is 2.43. The van der Waals surface area contributed by atoms with Crippen LogP contribution in [-0.4, -0.2) is 5.91 Å². The maximum atomic E-state index is 12.5. The highest BCUT2D eigenvalue weighted by Crippen LogP contribution is 2.28. The van der Waals surface area contributed by atoms with Crippen molar-refractivity contribution in [1.29, 1.82) is 0 Å². The van der Waals surface area contributed by atoms with Gasteiger partial charge >= 0.3 is 0 Å². The number of hydrogen-bond donors (Lipinski definition) is 2. The monoisotopic (exact) mass is 276 g/mol. The molecule has 1 amide bonds. The van der Waals surface area contributed by atoms with Crippen molar-refractivity contribution >= 4 is 28.1 Å². The Labute approximate surface area is 123 Å². The molecule has 3 rings (SSSR count). The van der Waals surface area contributed by atoms with Crippen molar-refractivity contribution in [1.82, 2.24) is 0 Å². The number of fused-ring (bicyclic) bond motifs is 1. The highest BCUT2D eigenvalue weighted by Gasteiger charge is 2.14. The van der Waals surface area contributed by atoms with E-state index < -0.39 is 0 Å². The van der Waals surface area contributed by atoms with Crippen molar-refractivity contribution in [2.24, 2.45) is 0 Å². The predicted octanol–water partition coefficient (Wildman–Crippen LogP) is 3.98. The van der Waals surface area contributed by atoms with Crippen LogP contribution in [0.1, 0.15) is 15.9 Å². The Balaban J connectivity index is 2.04. The Hall–Kier alpha value is -2.81. The van der Waals surface area contributed by atoms with Gasteiger partial charge in [-0.3, -0.25) is 4.79 Å². The molecule has 0 atom stereocenters. The minimum Gasteiger partial charge on any atom is -0.398 e. The Morgan fingerprint density at radius 3 is 2.43 bits per heavy atom. The maximum Gasteiger partial charge on any atom is 0.256 e. The summed E-state index contributed by atoms with van der Waals surface area (Å²) in [6.07, 6.45) is 0. The number of nitrogens with one attached hydrogen (secondary N) is 1. The van der Waals surface area contributed by atoms with Gasteiger partial charge in [-0.15, -0.1) is 0 Å². The van der Waals surface area contributed by atoms with E-state index in [9.17, 15) is 4.79 Å². The minimum atomic E-state index is -0.142. The van der Waals surface area contributed by atoms with Gasteiger partial charge in [-0.25, -0.2) is 0 Å². The van der Waals surface area contributed by atoms with E-state index in [4.69, 9.17) is 5.73 Å². The highest BCUT2D eigenvalue weighted by atomic mass is 16.1. The first kappa shape index (κ1) is 13.2. The second kappa shape index (κ2) is 5.29. The fourth-order valence-corrected chi connectivity index (χ4v) is 2.43. The third-order valence-electron chi connectivity index (χ3n) is 3.64. The van der Waals surface area contributed by atoms with Crippen LogP contribution >= 0.6 is 0 Å². The molecule has 0 aliphatic carbocycles. The van der Waals surface area contributed by atoms with Gasteiger partial charge < -0.3 is 11.1 Å². The average molecular weight is 276 g/mol. The molecule has 3 nitrogen and oxygen atoms in total. The summed E-state index contributed by atoms with van der Waals surface area (Å²) < 4.78 is 0. The normalized spacial score (nSPS) is 10.5. The van der Waals surface area contributed by atoms with E-state index in [2.05, 4.69) is 5.32 Å². The molecule has 104 valence electrons. The zero-order chi connectivity index (χ0) is 14.8. The van der Waals surface area contributed by atoms with Crippen LogP contribution in [-0.2, 0) is 0 Å². The molecule has 3 aromatic rings. The standard InChI is InChI=1S/C18H16N2O/c1-12-16(18(21)20-14-8-3-2-4-9-14)11-13-7-5-6-10-15(13)17(12)19/h2-11H,19H2,1H3,(H,20,21). The quantitative estimate of drug-likeness (QED) is 0.695. The number of benzene rings is 3. The van der Waals surface area contributed by atoms with Gasteiger partial charge in [0.05, 0.1) is 0 Å². The van der Waals surface area contributed by atoms with Gasteiger partial charge in [0.15, 0.2) is 0 Å². The van der Waals surface area contributed by atoms with Crippen molar-refractivity contribution < 1.29 is 4.79 Å². The van der Waals surface area contributed by atoms with Crippen LogP contribution in [0.5, 0.6) is 0 Å². The van der Waals surface area contributed by atoms with Crippen LogP contribution in [0, 0.1) is 6.92 Å². The third-order valence-corrected chi connectivity index (χ3v) is 3.64. The van der Waals surface area contributed by atoms with Gasteiger partial charge in [0.1, 0.15) is 0 Å². The molecule has 0 radical (unpaired) electrons. The number of nitrogen functional groups attached to an aromatic ring is 1. The summed E-state index contributed by atoms with van der Waals surface area (Å²) in [7, 11) is 0. The second-order valence-electron chi connectivity index (χ2n) is 5.00. The first-order valence-electron chi connectivity index (χ1n) is 6.81. The smallest absolute Gasteiger partial charge is 0.256 e. The fraction of sp³-hybridized carbons (Fsp3) is 0.0556. The lowest BCUT2D eigenvalue weighted by Crippen LogP contribution is -2.14. The molecule has 0 bridgehead atoms. The lowest BCUT2D eigenvalue weighted by Gasteiger charge is -2.12. The summed E-state index contributed by atoms with van der Waals surface area (Å²) >= 11 is 0. The van der Waals surface area contributed by atoms with Crippen molar-refractivity contribution in [2.75, 3.05) is 11.1 Å². The van der Waals surface area contributed by atoms with Crippen LogP contribution in [0.15, 0.2) is 60.7 Å². The number of amides is 1. The summed E-state index contributed by atoms with van der Waals surface area (Å²) in [5.74, 6) is -0.142. The maximum absolute atomic E-state index is 12.5. The van der Waals surface area contributed by atoms with Gasteiger partial charge in [0.2, 0.25) is 0 Å². The molecule has 0 unspecified atom stereocenters. The molecular formula is C18H16N2O. The lowest BCUT2D eigenvalue weighted by atomic mass is 9.99. The summed E-state index contributed by atoms with van der Waals surface area (Å²) in [6.45, 7) is 1.88. The number of anilines is 2. The average Bonchev–Trinajstić information content (AvgIpc) is 2.52. The van der Waals surface area contributed by atoms with E-state index in [1.54, 1.807) is 0 Å². The van der Waals surface area contributed by atoms with Gasteiger partial charge in [0, 0.05) is 22.3 Å². The Morgan fingerprint density at radius 1 is 1.00 bits per heavy atom. The predicted molar refractivity (Wildman–Crippen MR) is 87.5 cm³/mol. The molecule has 0 aliphatic rings. The number of carbonyl (C=O) groups excluding carboxylic acids is 1. The van der Waals surface area contributed by atoms with Crippen LogP contribution in [0.4, 0.5) is 11.4 Å².